The van der Waals surface area contributed by atoms with E-state index in [2.05, 4.69) is 18.5 Å². The maximum atomic E-state index is 12.1. The van der Waals surface area contributed by atoms with Gasteiger partial charge in [-0.25, -0.2) is 0 Å². The first-order chi connectivity index (χ1) is 10.6. The van der Waals surface area contributed by atoms with Crippen LogP contribution in [0.5, 0.6) is 5.75 Å². The van der Waals surface area contributed by atoms with E-state index >= 15 is 0 Å². The monoisotopic (exact) mass is 297 g/mol. The summed E-state index contributed by atoms with van der Waals surface area (Å²) in [6.07, 6.45) is 4.88. The lowest BCUT2D eigenvalue weighted by atomic mass is 10.2. The number of hydrogen-bond donors (Lipinski definition) is 1. The van der Waals surface area contributed by atoms with Crippen molar-refractivity contribution in [2.75, 3.05) is 25.5 Å². The molecule has 1 aromatic rings. The van der Waals surface area contributed by atoms with Crippen LogP contribution in [0.4, 0.5) is 5.69 Å². The summed E-state index contributed by atoms with van der Waals surface area (Å²) in [6, 6.07) is 8.78. The Morgan fingerprint density at radius 2 is 1.91 bits per heavy atom. The highest BCUT2D eigenvalue weighted by molar-refractivity contribution is 6.06. The van der Waals surface area contributed by atoms with E-state index in [1.54, 1.807) is 48.4 Å². The van der Waals surface area contributed by atoms with Crippen molar-refractivity contribution >= 4 is 11.6 Å². The summed E-state index contributed by atoms with van der Waals surface area (Å²) in [5.74, 6) is 0.225. The average molecular weight is 297 g/mol. The molecule has 0 aliphatic rings. The van der Waals surface area contributed by atoms with Crippen LogP contribution >= 0.6 is 0 Å². The highest BCUT2D eigenvalue weighted by Gasteiger charge is 2.11. The Kier molecular flexibility index (Phi) is 7.00. The minimum absolute atomic E-state index is 0.0134. The molecule has 0 fully saturated rings. The maximum absolute atomic E-state index is 12.1. The number of benzene rings is 1. The van der Waals surface area contributed by atoms with Gasteiger partial charge >= 0.3 is 0 Å². The van der Waals surface area contributed by atoms with Gasteiger partial charge in [0.2, 0.25) is 0 Å². The highest BCUT2D eigenvalue weighted by atomic mass is 16.5. The summed E-state index contributed by atoms with van der Waals surface area (Å²) in [4.78, 5) is 13.9. The lowest BCUT2D eigenvalue weighted by Crippen LogP contribution is -2.21. The fraction of sp³-hybridized carbons (Fsp3) is 0.176. The zero-order chi connectivity index (χ0) is 16.4. The molecule has 0 radical (unpaired) electrons. The van der Waals surface area contributed by atoms with Gasteiger partial charge in [-0.15, -0.1) is 13.2 Å². The third kappa shape index (κ3) is 5.17. The Hall–Kier alpha value is -3.00. The van der Waals surface area contributed by atoms with Crippen molar-refractivity contribution in [3.8, 4) is 11.8 Å². The molecule has 0 bridgehead atoms. The van der Waals surface area contributed by atoms with Gasteiger partial charge in [0.25, 0.3) is 5.91 Å². The predicted octanol–water partition coefficient (Wildman–Crippen LogP) is 2.72. The van der Waals surface area contributed by atoms with Crippen LogP contribution in [0, 0.1) is 11.3 Å². The van der Waals surface area contributed by atoms with Crippen LogP contribution in [0.1, 0.15) is 0 Å². The molecule has 1 amide bonds. The second-order valence-electron chi connectivity index (χ2n) is 4.37. The number of methoxy groups -OCH3 is 1. The van der Waals surface area contributed by atoms with E-state index in [-0.39, 0.29) is 5.57 Å². The first kappa shape index (κ1) is 17.1. The molecule has 114 valence electrons. The van der Waals surface area contributed by atoms with Crippen molar-refractivity contribution in [3.05, 3.63) is 61.3 Å². The standard InChI is InChI=1S/C17H19N3O2/c1-4-10-20(11-5-2)13-14(12-18)17(21)19-15-6-8-16(22-3)9-7-15/h4-9,13H,1-2,10-11H2,3H3,(H,19,21)/b14-13-. The number of carbonyl (C=O) groups is 1. The molecule has 0 heterocycles. The number of nitriles is 1. The number of amides is 1. The second-order valence-corrected chi connectivity index (χ2v) is 4.37. The van der Waals surface area contributed by atoms with Crippen LogP contribution in [0.3, 0.4) is 0 Å². The summed E-state index contributed by atoms with van der Waals surface area (Å²) in [7, 11) is 1.57. The fourth-order valence-electron chi connectivity index (χ4n) is 1.71. The van der Waals surface area contributed by atoms with E-state index in [4.69, 9.17) is 10.00 Å². The van der Waals surface area contributed by atoms with E-state index in [1.807, 2.05) is 6.07 Å². The number of carbonyl (C=O) groups excluding carboxylic acids is 1. The quantitative estimate of drug-likeness (QED) is 0.455. The molecule has 5 nitrogen and oxygen atoms in total. The molecule has 1 rings (SSSR count). The van der Waals surface area contributed by atoms with Gasteiger partial charge in [-0.3, -0.25) is 4.79 Å². The largest absolute Gasteiger partial charge is 0.497 e. The summed E-state index contributed by atoms with van der Waals surface area (Å²) >= 11 is 0. The normalized spacial score (nSPS) is 10.3. The van der Waals surface area contributed by atoms with Crippen molar-refractivity contribution in [1.29, 1.82) is 5.26 Å². The number of hydrogen-bond acceptors (Lipinski definition) is 4. The average Bonchev–Trinajstić information content (AvgIpc) is 2.53. The number of nitrogens with zero attached hydrogens (tertiary/aromatic N) is 2. The Balaban J connectivity index is 2.84. The van der Waals surface area contributed by atoms with Crippen LogP contribution < -0.4 is 10.1 Å². The Labute approximate surface area is 130 Å². The third-order valence-corrected chi connectivity index (χ3v) is 2.75. The van der Waals surface area contributed by atoms with Crippen LogP contribution in [-0.4, -0.2) is 31.0 Å². The van der Waals surface area contributed by atoms with E-state index in [0.717, 1.165) is 0 Å². The van der Waals surface area contributed by atoms with Crippen molar-refractivity contribution < 1.29 is 9.53 Å². The lowest BCUT2D eigenvalue weighted by Gasteiger charge is -2.16. The predicted molar refractivity (Wildman–Crippen MR) is 87.3 cm³/mol. The van der Waals surface area contributed by atoms with Crippen LogP contribution in [0.2, 0.25) is 0 Å². The Morgan fingerprint density at radius 3 is 2.36 bits per heavy atom. The van der Waals surface area contributed by atoms with Crippen molar-refractivity contribution in [3.63, 3.8) is 0 Å². The smallest absolute Gasteiger partial charge is 0.267 e. The fourth-order valence-corrected chi connectivity index (χ4v) is 1.71. The van der Waals surface area contributed by atoms with Gasteiger partial charge in [-0.05, 0) is 24.3 Å². The van der Waals surface area contributed by atoms with Crippen molar-refractivity contribution in [2.24, 2.45) is 0 Å². The molecule has 0 aliphatic carbocycles. The van der Waals surface area contributed by atoms with E-state index in [9.17, 15) is 4.79 Å². The van der Waals surface area contributed by atoms with Gasteiger partial charge in [0.1, 0.15) is 17.4 Å². The number of nitrogens with one attached hydrogen (secondary N) is 1. The molecule has 0 aliphatic heterocycles. The zero-order valence-corrected chi connectivity index (χ0v) is 12.6. The van der Waals surface area contributed by atoms with Gasteiger partial charge in [0.05, 0.1) is 7.11 Å². The molecule has 1 aromatic carbocycles. The van der Waals surface area contributed by atoms with Crippen LogP contribution in [-0.2, 0) is 4.79 Å². The Morgan fingerprint density at radius 1 is 1.32 bits per heavy atom. The molecule has 0 unspecified atom stereocenters. The minimum atomic E-state index is -0.467. The van der Waals surface area contributed by atoms with Gasteiger partial charge in [-0.2, -0.15) is 5.26 Å². The third-order valence-electron chi connectivity index (χ3n) is 2.75. The summed E-state index contributed by atoms with van der Waals surface area (Å²) in [6.45, 7) is 8.33. The van der Waals surface area contributed by atoms with Gasteiger partial charge < -0.3 is 15.0 Å². The molecule has 22 heavy (non-hydrogen) atoms. The van der Waals surface area contributed by atoms with Gasteiger partial charge in [0.15, 0.2) is 0 Å². The highest BCUT2D eigenvalue weighted by Crippen LogP contribution is 2.15. The number of rotatable bonds is 8. The Bertz CT molecular complexity index is 587. The first-order valence-corrected chi connectivity index (χ1v) is 6.67. The van der Waals surface area contributed by atoms with Crippen LogP contribution in [0.15, 0.2) is 61.3 Å². The van der Waals surface area contributed by atoms with Crippen molar-refractivity contribution in [1.82, 2.24) is 4.90 Å². The maximum Gasteiger partial charge on any atom is 0.267 e. The topological polar surface area (TPSA) is 65.4 Å². The summed E-state index contributed by atoms with van der Waals surface area (Å²) in [5, 5.41) is 11.8. The SMILES string of the molecule is C=CCN(/C=C(/C#N)C(=O)Nc1ccc(OC)cc1)CC=C. The number of ether oxygens (including phenoxy) is 1. The molecular formula is C17H19N3O2. The van der Waals surface area contributed by atoms with E-state index < -0.39 is 5.91 Å². The molecule has 5 heteroatoms. The van der Waals surface area contributed by atoms with Crippen molar-refractivity contribution in [2.45, 2.75) is 0 Å². The summed E-state index contributed by atoms with van der Waals surface area (Å²) in [5.41, 5.74) is 0.602. The number of anilines is 1. The minimum Gasteiger partial charge on any atom is -0.497 e. The second kappa shape index (κ2) is 9.03. The van der Waals surface area contributed by atoms with Gasteiger partial charge in [-0.1, -0.05) is 12.2 Å². The van der Waals surface area contributed by atoms with E-state index in [0.29, 0.717) is 24.5 Å². The van der Waals surface area contributed by atoms with Gasteiger partial charge in [0, 0.05) is 25.0 Å². The molecule has 0 saturated heterocycles. The first-order valence-electron chi connectivity index (χ1n) is 6.67. The molecule has 0 aromatic heterocycles. The molecule has 0 saturated carbocycles. The molecule has 0 spiro atoms. The lowest BCUT2D eigenvalue weighted by molar-refractivity contribution is -0.112. The molecular weight excluding hydrogens is 278 g/mol. The summed E-state index contributed by atoms with van der Waals surface area (Å²) < 4.78 is 5.05. The molecule has 1 N–H and O–H groups in total. The zero-order valence-electron chi connectivity index (χ0n) is 12.6. The van der Waals surface area contributed by atoms with Crippen LogP contribution in [0.25, 0.3) is 0 Å². The molecule has 0 atom stereocenters. The van der Waals surface area contributed by atoms with E-state index in [1.165, 1.54) is 6.20 Å².